The highest BCUT2D eigenvalue weighted by molar-refractivity contribution is 8.35. The number of fused-ring (bicyclic) bond motifs is 6. The van der Waals surface area contributed by atoms with E-state index in [1.165, 1.54) is 22.9 Å². The van der Waals surface area contributed by atoms with Crippen molar-refractivity contribution in [3.8, 4) is 20.9 Å². The molecule has 1 fully saturated rings. The van der Waals surface area contributed by atoms with E-state index in [4.69, 9.17) is 39.7 Å². The third kappa shape index (κ3) is 9.92. The molecule has 18 heteroatoms. The van der Waals surface area contributed by atoms with Gasteiger partial charge in [0.05, 0.1) is 34.8 Å². The van der Waals surface area contributed by atoms with Crippen molar-refractivity contribution >= 4 is 195 Å². The van der Waals surface area contributed by atoms with Crippen molar-refractivity contribution in [2.45, 2.75) is 34.1 Å². The third-order valence-corrected chi connectivity index (χ3v) is 21.8. The number of anilines is 6. The van der Waals surface area contributed by atoms with E-state index in [2.05, 4.69) is 188 Å². The number of carbonyl (C=O) groups excluding carboxylic acids is 1. The number of aliphatic imine (C=N–C) groups is 1. The maximum absolute atomic E-state index is 14.1. The third-order valence-electron chi connectivity index (χ3n) is 16.9. The minimum atomic E-state index is -0.647. The Balaban J connectivity index is 0.723. The molecule has 444 valence electrons. The Bertz CT molecular complexity index is 5680. The number of thioether (sulfide) groups is 1. The topological polar surface area (TPSA) is 137 Å². The lowest BCUT2D eigenvalue weighted by atomic mass is 9.99. The van der Waals surface area contributed by atoms with Gasteiger partial charge in [0.25, 0.3) is 11.3 Å². The van der Waals surface area contributed by atoms with E-state index < -0.39 is 10.9 Å². The molecule has 0 aliphatic carbocycles. The molecule has 0 saturated carbocycles. The summed E-state index contributed by atoms with van der Waals surface area (Å²) in [6, 6.07) is 69.3. The fraction of sp³-hybridized carbons (Fsp3) is 0.0811. The molecule has 1 aliphatic rings. The summed E-state index contributed by atoms with van der Waals surface area (Å²) in [4.78, 5) is 59.2. The average Bonchev–Trinajstić information content (AvgIpc) is 1.60. The standard InChI is InChI=1S/C74H49N9O3S6/c1-5-81-71(86)70(90-74(81)87)76-60-35-33-56(62-65(60)80-92-78-62)69-52-11-7-9-13-54(52)73(89-69)83(49-28-18-42(4)19-29-49)50-30-21-43(22-31-50)36-44-20-23-45-38-58-57(39-46(45)37-44)63(67(85)66(58)84)75-59-34-32-55(61-64(59)79-91-77-61)68-51-10-6-8-12-53(51)72(88-68)82(47-24-14-40(2)15-25-47)48-26-16-41(3)17-27-48/h6-35,37-39H,5,36H2,1-4H3/b75-63-,76-70+. The van der Waals surface area contributed by atoms with Gasteiger partial charge in [-0.05, 0) is 153 Å². The van der Waals surface area contributed by atoms with Crippen molar-refractivity contribution in [1.82, 2.24) is 22.4 Å². The van der Waals surface area contributed by atoms with Gasteiger partial charge in [0, 0.05) is 82.5 Å². The van der Waals surface area contributed by atoms with Gasteiger partial charge in [-0.2, -0.15) is 17.5 Å². The molecule has 92 heavy (non-hydrogen) atoms. The second-order valence-corrected chi connectivity index (χ2v) is 27.5. The van der Waals surface area contributed by atoms with Crippen molar-refractivity contribution in [2.24, 2.45) is 9.98 Å². The molecule has 12 nitrogen and oxygen atoms in total. The first-order valence-electron chi connectivity index (χ1n) is 29.7. The zero-order valence-electron chi connectivity index (χ0n) is 49.7. The zero-order valence-corrected chi connectivity index (χ0v) is 54.6. The Labute approximate surface area is 552 Å². The van der Waals surface area contributed by atoms with Gasteiger partial charge >= 0.3 is 0 Å². The van der Waals surface area contributed by atoms with E-state index in [9.17, 15) is 14.4 Å². The predicted molar refractivity (Wildman–Crippen MR) is 389 cm³/mol. The fourth-order valence-corrected chi connectivity index (χ4v) is 17.3. The van der Waals surface area contributed by atoms with E-state index in [0.717, 1.165) is 132 Å². The van der Waals surface area contributed by atoms with Crippen LogP contribution in [0.1, 0.15) is 34.7 Å². The van der Waals surface area contributed by atoms with Crippen LogP contribution in [0.3, 0.4) is 0 Å². The maximum atomic E-state index is 14.1. The number of hydrogen-bond donors (Lipinski definition) is 0. The predicted octanol–water partition coefficient (Wildman–Crippen LogP) is 19.0. The average molecular weight is 1300 g/mol. The highest BCUT2D eigenvalue weighted by Crippen LogP contribution is 2.53. The molecule has 0 bridgehead atoms. The zero-order chi connectivity index (χ0) is 62.5. The van der Waals surface area contributed by atoms with Gasteiger partial charge < -0.3 is 9.80 Å². The van der Waals surface area contributed by atoms with E-state index >= 15 is 0 Å². The quantitative estimate of drug-likeness (QED) is 0.0806. The largest absolute Gasteiger partial charge is 0.301 e. The molecule has 16 rings (SSSR count). The highest BCUT2D eigenvalue weighted by atomic mass is 32.2. The van der Waals surface area contributed by atoms with E-state index in [0.29, 0.717) is 61.0 Å². The Morgan fingerprint density at radius 3 is 1.41 bits per heavy atom. The van der Waals surface area contributed by atoms with Crippen LogP contribution in [0.15, 0.2) is 220 Å². The van der Waals surface area contributed by atoms with Gasteiger partial charge in [-0.25, -0.2) is 9.98 Å². The molecule has 15 aromatic rings. The molecule has 11 aromatic carbocycles. The summed E-state index contributed by atoms with van der Waals surface area (Å²) >= 11 is 12.3. The molecule has 1 saturated heterocycles. The van der Waals surface area contributed by atoms with Crippen LogP contribution in [0.2, 0.25) is 0 Å². The molecule has 0 N–H and O–H groups in total. The Morgan fingerprint density at radius 2 is 0.913 bits per heavy atom. The molecular weight excluding hydrogens is 1260 g/mol. The van der Waals surface area contributed by atoms with Crippen LogP contribution in [-0.4, -0.2) is 44.2 Å². The van der Waals surface area contributed by atoms with Crippen LogP contribution in [0.5, 0.6) is 0 Å². The van der Waals surface area contributed by atoms with Crippen LogP contribution in [0.25, 0.3) is 86.0 Å². The van der Waals surface area contributed by atoms with E-state index in [1.54, 1.807) is 27.6 Å². The minimum absolute atomic E-state index is 0.0954. The van der Waals surface area contributed by atoms with Gasteiger partial charge in [-0.3, -0.25) is 19.3 Å². The number of carbonyl (C=O) groups is 1. The summed E-state index contributed by atoms with van der Waals surface area (Å²) in [5, 5.41) is 9.48. The summed E-state index contributed by atoms with van der Waals surface area (Å²) < 4.78 is 19.7. The number of hydrogen-bond acceptors (Lipinski definition) is 17. The van der Waals surface area contributed by atoms with Crippen LogP contribution in [0, 0.1) is 20.8 Å². The molecule has 0 atom stereocenters. The molecule has 1 amide bonds. The normalized spacial score (nSPS) is 13.5. The van der Waals surface area contributed by atoms with Gasteiger partial charge in [0.2, 0.25) is 5.43 Å². The molecule has 4 aromatic heterocycles. The molecule has 0 radical (unpaired) electrons. The Hall–Kier alpha value is -9.79. The van der Waals surface area contributed by atoms with Gasteiger partial charge in [0.15, 0.2) is 5.04 Å². The van der Waals surface area contributed by atoms with Crippen LogP contribution < -0.4 is 26.0 Å². The summed E-state index contributed by atoms with van der Waals surface area (Å²) in [5.74, 6) is -0.201. The molecule has 5 heterocycles. The number of thiocarbonyl (C=S) groups is 1. The van der Waals surface area contributed by atoms with Crippen molar-refractivity contribution in [3.63, 3.8) is 0 Å². The molecular formula is C74H49N9O3S6. The first-order valence-corrected chi connectivity index (χ1v) is 34.1. The monoisotopic (exact) mass is 1300 g/mol. The van der Waals surface area contributed by atoms with Crippen molar-refractivity contribution in [2.75, 3.05) is 16.3 Å². The number of benzene rings is 10. The lowest BCUT2D eigenvalue weighted by molar-refractivity contribution is -0.119. The SMILES string of the molecule is CCN1C(=O)/C(=N\c2ccc(-c3sc(N(c4ccc(C)cc4)c4ccc(Cc5ccc6cc7c(=O)c(=O)/c(=N\c8ccc(-c9sc(N(c%10ccc(C)cc%10)c%10ccc(C)cc%10)c%10ccccc9%10)c9nsnc89)c7cc6c5)cc4)c4ccccc34)c3nsnc23)SC1=S. The maximum Gasteiger partial charge on any atom is 0.284 e. The lowest BCUT2D eigenvalue weighted by Gasteiger charge is -2.25. The van der Waals surface area contributed by atoms with E-state index in [-0.39, 0.29) is 11.3 Å². The summed E-state index contributed by atoms with van der Waals surface area (Å²) in [6.45, 7) is 8.67. The molecule has 1 aliphatic heterocycles. The summed E-state index contributed by atoms with van der Waals surface area (Å²) in [7, 11) is 0. The fourth-order valence-electron chi connectivity index (χ4n) is 12.2. The second-order valence-electron chi connectivity index (χ2n) is 22.8. The number of thiophene rings is 2. The number of amides is 1. The summed E-state index contributed by atoms with van der Waals surface area (Å²) in [5.41, 5.74) is 14.1. The molecule has 0 spiro atoms. The number of rotatable bonds is 13. The smallest absolute Gasteiger partial charge is 0.284 e. The highest BCUT2D eigenvalue weighted by Gasteiger charge is 2.33. The van der Waals surface area contributed by atoms with Gasteiger partial charge in [0.1, 0.15) is 41.7 Å². The Kier molecular flexibility index (Phi) is 14.4. The number of nitrogens with zero attached hydrogens (tertiary/aromatic N) is 9. The van der Waals surface area contributed by atoms with Crippen LogP contribution >= 0.6 is 70.1 Å². The van der Waals surface area contributed by atoms with Crippen LogP contribution in [0.4, 0.5) is 44.1 Å². The lowest BCUT2D eigenvalue weighted by Crippen LogP contribution is -2.30. The number of aryl methyl sites for hydroxylation is 3. The summed E-state index contributed by atoms with van der Waals surface area (Å²) in [6.07, 6.45) is 0.635. The van der Waals surface area contributed by atoms with Crippen molar-refractivity contribution in [3.05, 3.63) is 254 Å². The van der Waals surface area contributed by atoms with Crippen molar-refractivity contribution < 1.29 is 4.79 Å². The first-order chi connectivity index (χ1) is 44.9. The molecule has 0 unspecified atom stereocenters. The van der Waals surface area contributed by atoms with E-state index in [1.807, 2.05) is 49.4 Å². The van der Waals surface area contributed by atoms with Crippen molar-refractivity contribution in [1.29, 1.82) is 0 Å². The van der Waals surface area contributed by atoms with Crippen LogP contribution in [-0.2, 0) is 11.2 Å². The first kappa shape index (κ1) is 57.4. The van der Waals surface area contributed by atoms with Gasteiger partial charge in [-0.15, -0.1) is 22.7 Å². The number of aromatic nitrogens is 4. The minimum Gasteiger partial charge on any atom is -0.301 e. The van der Waals surface area contributed by atoms with Gasteiger partial charge in [-0.1, -0.05) is 144 Å². The Morgan fingerprint density at radius 1 is 0.457 bits per heavy atom. The second kappa shape index (κ2) is 23.2.